The summed E-state index contributed by atoms with van der Waals surface area (Å²) in [7, 11) is 3.93. The Morgan fingerprint density at radius 3 is 2.37 bits per heavy atom. The molecule has 0 fully saturated rings. The van der Waals surface area contributed by atoms with Crippen molar-refractivity contribution in [1.82, 2.24) is 0 Å². The number of benzene rings is 2. The number of nitrogens with zero attached hydrogens (tertiary/aromatic N) is 2. The van der Waals surface area contributed by atoms with Crippen molar-refractivity contribution in [2.75, 3.05) is 7.05 Å². The standard InChI is InChI=1S/C27H30N3/c1-7-13-24-26(29-22-16-11-12-17-23(22)30(24)6)20(2)18-19-25(28-5)27(3,4)21-14-9-8-10-15-21/h7-19H,2H2,1,3-6H3/q+1/p+1/b13-7-,19-18+,28-25?. The molecule has 0 saturated carbocycles. The molecule has 1 N–H and O–H groups in total. The van der Waals surface area contributed by atoms with E-state index in [1.165, 1.54) is 5.56 Å². The molecular formula is C27H31N3+2. The molecule has 0 saturated heterocycles. The summed E-state index contributed by atoms with van der Waals surface area (Å²) in [6.07, 6.45) is 8.30. The Morgan fingerprint density at radius 1 is 1.03 bits per heavy atom. The molecule has 3 heteroatoms. The van der Waals surface area contributed by atoms with Crippen LogP contribution in [0.5, 0.6) is 0 Å². The minimum atomic E-state index is -0.198. The molecule has 0 atom stereocenters. The molecule has 0 spiro atoms. The number of nitrogens with one attached hydrogen (secondary N) is 1. The molecule has 3 nitrogen and oxygen atoms in total. The van der Waals surface area contributed by atoms with Gasteiger partial charge >= 0.3 is 0 Å². The summed E-state index contributed by atoms with van der Waals surface area (Å²) in [5.41, 5.74) is 7.26. The van der Waals surface area contributed by atoms with Gasteiger partial charge < -0.3 is 0 Å². The first-order chi connectivity index (χ1) is 14.4. The van der Waals surface area contributed by atoms with Crippen LogP contribution in [0.25, 0.3) is 22.7 Å². The third-order valence-electron chi connectivity index (χ3n) is 5.61. The van der Waals surface area contributed by atoms with Gasteiger partial charge in [0, 0.05) is 42.0 Å². The monoisotopic (exact) mass is 397 g/mol. The second-order valence-corrected chi connectivity index (χ2v) is 7.92. The molecule has 0 aliphatic rings. The number of rotatable bonds is 6. The zero-order chi connectivity index (χ0) is 21.7. The van der Waals surface area contributed by atoms with Gasteiger partial charge in [-0.1, -0.05) is 69.0 Å². The van der Waals surface area contributed by atoms with E-state index in [4.69, 9.17) is 0 Å². The van der Waals surface area contributed by atoms with Gasteiger partial charge in [0.05, 0.1) is 0 Å². The lowest BCUT2D eigenvalue weighted by Gasteiger charge is -2.25. The predicted molar refractivity (Wildman–Crippen MR) is 127 cm³/mol. The summed E-state index contributed by atoms with van der Waals surface area (Å²) in [6.45, 7) is 10.8. The first-order valence-electron chi connectivity index (χ1n) is 10.3. The Bertz CT molecular complexity index is 1150. The van der Waals surface area contributed by atoms with E-state index in [9.17, 15) is 0 Å². The molecule has 2 aromatic carbocycles. The molecule has 0 unspecified atom stereocenters. The molecule has 0 aliphatic heterocycles. The molecule has 30 heavy (non-hydrogen) atoms. The van der Waals surface area contributed by atoms with Crippen molar-refractivity contribution in [3.05, 3.63) is 96.4 Å². The van der Waals surface area contributed by atoms with Gasteiger partial charge in [0.25, 0.3) is 22.4 Å². The normalized spacial score (nSPS) is 12.9. The molecule has 3 aromatic rings. The smallest absolute Gasteiger partial charge is 0.283 e. The lowest BCUT2D eigenvalue weighted by atomic mass is 9.79. The summed E-state index contributed by atoms with van der Waals surface area (Å²) < 4.78 is 2.20. The van der Waals surface area contributed by atoms with Crippen LogP contribution < -0.4 is 9.55 Å². The Kier molecular flexibility index (Phi) is 6.41. The van der Waals surface area contributed by atoms with E-state index in [0.29, 0.717) is 0 Å². The van der Waals surface area contributed by atoms with Crippen LogP contribution in [0.2, 0.25) is 0 Å². The summed E-state index contributed by atoms with van der Waals surface area (Å²) in [5.74, 6) is 0. The first-order valence-corrected chi connectivity index (χ1v) is 10.3. The predicted octanol–water partition coefficient (Wildman–Crippen LogP) is 5.13. The van der Waals surface area contributed by atoms with E-state index in [-0.39, 0.29) is 5.41 Å². The van der Waals surface area contributed by atoms with Crippen LogP contribution in [0.15, 0.2) is 84.4 Å². The third kappa shape index (κ3) is 4.16. The Hall–Kier alpha value is -3.33. The molecule has 0 aliphatic carbocycles. The molecule has 1 aromatic heterocycles. The fourth-order valence-electron chi connectivity index (χ4n) is 3.79. The van der Waals surface area contributed by atoms with Gasteiger partial charge in [-0.3, -0.25) is 4.99 Å². The highest BCUT2D eigenvalue weighted by Gasteiger charge is 2.27. The van der Waals surface area contributed by atoms with Crippen molar-refractivity contribution in [2.24, 2.45) is 12.0 Å². The molecule has 152 valence electrons. The van der Waals surface area contributed by atoms with E-state index < -0.39 is 0 Å². The lowest BCUT2D eigenvalue weighted by Crippen LogP contribution is -2.38. The number of para-hydroxylation sites is 2. The van der Waals surface area contributed by atoms with Crippen molar-refractivity contribution in [2.45, 2.75) is 26.2 Å². The Labute approximate surface area is 179 Å². The first kappa shape index (κ1) is 21.4. The van der Waals surface area contributed by atoms with Crippen molar-refractivity contribution < 1.29 is 9.55 Å². The third-order valence-corrected chi connectivity index (χ3v) is 5.61. The maximum Gasteiger partial charge on any atom is 0.283 e. The number of fused-ring (bicyclic) bond motifs is 1. The topological polar surface area (TPSA) is 30.4 Å². The minimum Gasteiger partial charge on any atom is -0.292 e. The van der Waals surface area contributed by atoms with Gasteiger partial charge in [-0.05, 0) is 24.6 Å². The van der Waals surface area contributed by atoms with Gasteiger partial charge in [-0.15, -0.1) is 0 Å². The number of hydrogen-bond donors (Lipinski definition) is 0. The highest BCUT2D eigenvalue weighted by molar-refractivity contribution is 6.04. The molecule has 0 radical (unpaired) electrons. The second kappa shape index (κ2) is 9.00. The number of H-pyrrole nitrogens is 1. The minimum absolute atomic E-state index is 0.198. The van der Waals surface area contributed by atoms with Crippen LogP contribution in [0.3, 0.4) is 0 Å². The van der Waals surface area contributed by atoms with E-state index >= 15 is 0 Å². The number of hydrogen-bond acceptors (Lipinski definition) is 1. The van der Waals surface area contributed by atoms with Crippen LogP contribution in [0, 0.1) is 0 Å². The lowest BCUT2D eigenvalue weighted by molar-refractivity contribution is -0.655. The summed E-state index contributed by atoms with van der Waals surface area (Å²) in [4.78, 5) is 8.16. The number of allylic oxidation sites excluding steroid dienone is 4. The van der Waals surface area contributed by atoms with Gasteiger partial charge in [0.15, 0.2) is 0 Å². The average Bonchev–Trinajstić information content (AvgIpc) is 2.76. The van der Waals surface area contributed by atoms with E-state index in [2.05, 4.69) is 109 Å². The number of aliphatic imine (C=N–C) groups is 1. The number of aromatic nitrogens is 2. The fourth-order valence-corrected chi connectivity index (χ4v) is 3.79. The number of aromatic amines is 1. The fraction of sp³-hybridized carbons (Fsp3) is 0.222. The average molecular weight is 398 g/mol. The van der Waals surface area contributed by atoms with Crippen LogP contribution in [0.1, 0.15) is 37.7 Å². The SMILES string of the molecule is C=C(/C=C/C(=NC)C(C)(C)c1ccccc1)c1[nH+]c2ccccc2[n+](C)c1/C=C\C. The van der Waals surface area contributed by atoms with E-state index in [0.717, 1.165) is 33.7 Å². The largest absolute Gasteiger partial charge is 0.292 e. The maximum absolute atomic E-state index is 4.59. The van der Waals surface area contributed by atoms with Crippen LogP contribution in [-0.4, -0.2) is 12.8 Å². The Balaban J connectivity index is 2.02. The zero-order valence-corrected chi connectivity index (χ0v) is 18.6. The highest BCUT2D eigenvalue weighted by Crippen LogP contribution is 2.26. The van der Waals surface area contributed by atoms with Crippen LogP contribution >= 0.6 is 0 Å². The second-order valence-electron chi connectivity index (χ2n) is 7.92. The molecule has 0 amide bonds. The summed E-state index contributed by atoms with van der Waals surface area (Å²) in [5, 5.41) is 0. The van der Waals surface area contributed by atoms with Gasteiger partial charge in [-0.25, -0.2) is 0 Å². The van der Waals surface area contributed by atoms with Crippen LogP contribution in [-0.2, 0) is 12.5 Å². The molecular weight excluding hydrogens is 366 g/mol. The molecule has 0 bridgehead atoms. The van der Waals surface area contributed by atoms with Gasteiger partial charge in [-0.2, -0.15) is 9.55 Å². The summed E-state index contributed by atoms with van der Waals surface area (Å²) in [6, 6.07) is 18.8. The van der Waals surface area contributed by atoms with Crippen LogP contribution in [0.4, 0.5) is 0 Å². The zero-order valence-electron chi connectivity index (χ0n) is 18.6. The van der Waals surface area contributed by atoms with Crippen molar-refractivity contribution in [3.8, 4) is 0 Å². The Morgan fingerprint density at radius 2 is 1.70 bits per heavy atom. The molecule has 1 heterocycles. The quantitative estimate of drug-likeness (QED) is 0.314. The molecule has 3 rings (SSSR count). The number of aryl methyl sites for hydroxylation is 1. The van der Waals surface area contributed by atoms with Crippen molar-refractivity contribution in [1.29, 1.82) is 0 Å². The van der Waals surface area contributed by atoms with Gasteiger partial charge in [0.1, 0.15) is 7.05 Å². The van der Waals surface area contributed by atoms with Gasteiger partial charge in [0.2, 0.25) is 0 Å². The van der Waals surface area contributed by atoms with Crippen molar-refractivity contribution in [3.63, 3.8) is 0 Å². The van der Waals surface area contributed by atoms with E-state index in [1.54, 1.807) is 0 Å². The maximum atomic E-state index is 4.59. The highest BCUT2D eigenvalue weighted by atomic mass is 15.0. The van der Waals surface area contributed by atoms with E-state index in [1.807, 2.05) is 26.1 Å². The van der Waals surface area contributed by atoms with Crippen molar-refractivity contribution >= 4 is 28.4 Å². The summed E-state index contributed by atoms with van der Waals surface area (Å²) >= 11 is 0.